The van der Waals surface area contributed by atoms with Gasteiger partial charge in [-0.2, -0.15) is 9.40 Å². The number of urea groups is 1. The third-order valence-corrected chi connectivity index (χ3v) is 14.5. The van der Waals surface area contributed by atoms with Gasteiger partial charge in [0.2, 0.25) is 27.7 Å². The lowest BCUT2D eigenvalue weighted by Gasteiger charge is -2.31. The van der Waals surface area contributed by atoms with Gasteiger partial charge in [-0.3, -0.25) is 29.1 Å². The number of carbonyl (C=O) groups is 6. The zero-order chi connectivity index (χ0) is 53.3. The minimum absolute atomic E-state index is 0.00309. The maximum atomic E-state index is 13.6. The highest BCUT2D eigenvalue weighted by molar-refractivity contribution is 7.89. The second-order valence-electron chi connectivity index (χ2n) is 17.9. The van der Waals surface area contributed by atoms with Crippen LogP contribution in [0, 0.1) is 0 Å². The fourth-order valence-corrected chi connectivity index (χ4v) is 9.96. The summed E-state index contributed by atoms with van der Waals surface area (Å²) < 4.78 is 50.5. The molecule has 406 valence electrons. The molecular formula is C50H71ClN10O12S. The van der Waals surface area contributed by atoms with Crippen LogP contribution in [0.5, 0.6) is 5.75 Å². The molecule has 0 unspecified atom stereocenters. The van der Waals surface area contributed by atoms with Crippen LogP contribution in [0.3, 0.4) is 0 Å². The lowest BCUT2D eigenvalue weighted by Crippen LogP contribution is -2.46. The van der Waals surface area contributed by atoms with Crippen molar-refractivity contribution >= 4 is 62.8 Å². The van der Waals surface area contributed by atoms with Gasteiger partial charge in [0.25, 0.3) is 5.91 Å². The number of ether oxygens (including phenoxy) is 4. The van der Waals surface area contributed by atoms with E-state index in [1.165, 1.54) is 35.8 Å². The number of ketones is 1. The van der Waals surface area contributed by atoms with Crippen LogP contribution in [0.25, 0.3) is 0 Å². The lowest BCUT2D eigenvalue weighted by atomic mass is 10.0. The molecule has 2 aromatic carbocycles. The first kappa shape index (κ1) is 58.9. The van der Waals surface area contributed by atoms with Crippen molar-refractivity contribution in [1.82, 2.24) is 46.0 Å². The number of rotatable bonds is 33. The molecule has 2 fully saturated rings. The topological polar surface area (TPSA) is 281 Å². The van der Waals surface area contributed by atoms with Gasteiger partial charge in [0.05, 0.1) is 74.5 Å². The van der Waals surface area contributed by atoms with Crippen LogP contribution < -0.4 is 36.6 Å². The number of methoxy groups -OCH3 is 1. The van der Waals surface area contributed by atoms with Crippen molar-refractivity contribution in [3.63, 3.8) is 0 Å². The van der Waals surface area contributed by atoms with Crippen molar-refractivity contribution in [3.05, 3.63) is 82.7 Å². The fraction of sp³-hybridized carbons (Fsp3) is 0.540. The van der Waals surface area contributed by atoms with Gasteiger partial charge in [-0.05, 0) is 70.0 Å². The fourth-order valence-electron chi connectivity index (χ4n) is 8.17. The molecule has 22 nitrogen and oxygen atoms in total. The summed E-state index contributed by atoms with van der Waals surface area (Å²) in [5.74, 6) is -1.10. The summed E-state index contributed by atoms with van der Waals surface area (Å²) in [4.78, 5) is 76.8. The SMILES string of the molecule is COc1cccc(Cl)c1C(=O)Cc1cn[nH]c1C(=O)NC1CCN(S(=O)(=O)c2cccc(NC(=O)/C=C/CN(C)CCC(=O)NCCOCCOCCOCCNC(=O)CCCCC[C@H]3NC(=O)N[C@H]3C)c2)CC1. The van der Waals surface area contributed by atoms with Crippen molar-refractivity contribution in [1.29, 1.82) is 0 Å². The molecule has 6 amide bonds. The summed E-state index contributed by atoms with van der Waals surface area (Å²) in [6.07, 6.45) is 9.22. The van der Waals surface area contributed by atoms with Gasteiger partial charge in [-0.25, -0.2) is 13.2 Å². The first-order valence-corrected chi connectivity index (χ1v) is 26.7. The maximum Gasteiger partial charge on any atom is 0.315 e. The Labute approximate surface area is 437 Å². The zero-order valence-electron chi connectivity index (χ0n) is 42.4. The zero-order valence-corrected chi connectivity index (χ0v) is 44.0. The van der Waals surface area contributed by atoms with E-state index in [1.807, 2.05) is 18.9 Å². The molecule has 0 bridgehead atoms. The van der Waals surface area contributed by atoms with E-state index >= 15 is 0 Å². The van der Waals surface area contributed by atoms with Gasteiger partial charge >= 0.3 is 6.03 Å². The standard InChI is InChI=1S/C50H71ClN10O12S/c1-35-41(58-50(67)55-35)13-5-4-6-15-44(63)52-20-26-71-28-30-73-31-29-72-27-21-53-45(64)19-23-60(2)22-9-16-46(65)56-38-10-7-11-39(33-38)74(68,69)61-24-17-37(18-25-61)57-49(66)48-36(34-54-59-48)32-42(62)47-40(51)12-8-14-43(47)70-3/h7-12,14,16,33-35,37,41H,4-6,13,15,17-32H2,1-3H3,(H,52,63)(H,53,64)(H,54,59)(H,56,65)(H,57,66)(H2,55,58,67)/b16-9+/t35-,41+/m0/s1. The molecule has 0 spiro atoms. The predicted octanol–water partition coefficient (Wildman–Crippen LogP) is 3.20. The van der Waals surface area contributed by atoms with Crippen LogP contribution in [0.2, 0.25) is 5.02 Å². The van der Waals surface area contributed by atoms with E-state index in [-0.39, 0.29) is 88.9 Å². The number of H-pyrrole nitrogens is 1. The third-order valence-electron chi connectivity index (χ3n) is 12.3. The Morgan fingerprint density at radius 1 is 0.892 bits per heavy atom. The molecule has 24 heteroatoms. The summed E-state index contributed by atoms with van der Waals surface area (Å²) in [5.41, 5.74) is 1.000. The number of unbranched alkanes of at least 4 members (excludes halogenated alkanes) is 2. The Morgan fingerprint density at radius 3 is 2.24 bits per heavy atom. The number of anilines is 1. The minimum Gasteiger partial charge on any atom is -0.496 e. The molecule has 7 N–H and O–H groups in total. The molecule has 2 aliphatic heterocycles. The molecule has 2 saturated heterocycles. The molecular weight excluding hydrogens is 1000 g/mol. The number of piperidine rings is 1. The summed E-state index contributed by atoms with van der Waals surface area (Å²) >= 11 is 6.28. The molecule has 3 aromatic rings. The number of aromatic nitrogens is 2. The Hall–Kier alpha value is -5.95. The average Bonchev–Trinajstić information content (AvgIpc) is 3.98. The predicted molar refractivity (Wildman–Crippen MR) is 277 cm³/mol. The summed E-state index contributed by atoms with van der Waals surface area (Å²) in [5, 5.41) is 23.9. The van der Waals surface area contributed by atoms with Crippen molar-refractivity contribution < 1.29 is 56.1 Å². The number of benzene rings is 2. The summed E-state index contributed by atoms with van der Waals surface area (Å²) in [6.45, 7) is 6.12. The third kappa shape index (κ3) is 19.7. The molecule has 2 aliphatic rings. The van der Waals surface area contributed by atoms with Crippen molar-refractivity contribution in [3.8, 4) is 5.75 Å². The van der Waals surface area contributed by atoms with E-state index < -0.39 is 21.8 Å². The number of halogens is 1. The molecule has 1 aromatic heterocycles. The Bertz CT molecular complexity index is 2470. The highest BCUT2D eigenvalue weighted by Crippen LogP contribution is 2.28. The molecule has 74 heavy (non-hydrogen) atoms. The first-order valence-electron chi connectivity index (χ1n) is 24.9. The van der Waals surface area contributed by atoms with Gasteiger partial charge in [0.1, 0.15) is 11.4 Å². The minimum atomic E-state index is -3.93. The first-order chi connectivity index (χ1) is 35.6. The van der Waals surface area contributed by atoms with E-state index in [4.69, 9.17) is 30.5 Å². The number of hydrogen-bond acceptors (Lipinski definition) is 14. The molecule has 0 aliphatic carbocycles. The number of carbonyl (C=O) groups excluding carboxylic acids is 6. The van der Waals surface area contributed by atoms with Crippen LogP contribution in [0.15, 0.2) is 65.7 Å². The number of sulfonamides is 1. The quantitative estimate of drug-likeness (QED) is 0.0262. The molecule has 0 saturated carbocycles. The smallest absolute Gasteiger partial charge is 0.315 e. The van der Waals surface area contributed by atoms with Gasteiger partial charge in [-0.1, -0.05) is 42.7 Å². The second-order valence-corrected chi connectivity index (χ2v) is 20.3. The number of nitrogens with zero attached hydrogens (tertiary/aromatic N) is 3. The number of likely N-dealkylation sites (N-methyl/N-ethyl adjacent to an activating group) is 1. The molecule has 0 radical (unpaired) electrons. The Balaban J connectivity index is 0.861. The van der Waals surface area contributed by atoms with Gasteiger partial charge in [-0.15, -0.1) is 0 Å². The van der Waals surface area contributed by atoms with Gasteiger partial charge < -0.3 is 55.7 Å². The normalized spacial score (nSPS) is 16.2. The number of nitrogens with one attached hydrogen (secondary N) is 7. The van der Waals surface area contributed by atoms with E-state index in [1.54, 1.807) is 36.4 Å². The van der Waals surface area contributed by atoms with Crippen LogP contribution >= 0.6 is 11.6 Å². The monoisotopic (exact) mass is 1070 g/mol. The number of aromatic amines is 1. The van der Waals surface area contributed by atoms with Crippen molar-refractivity contribution in [2.75, 3.05) is 98.4 Å². The van der Waals surface area contributed by atoms with E-state index in [2.05, 4.69) is 42.1 Å². The highest BCUT2D eigenvalue weighted by atomic mass is 35.5. The van der Waals surface area contributed by atoms with Crippen LogP contribution in [0.4, 0.5) is 10.5 Å². The van der Waals surface area contributed by atoms with E-state index in [0.717, 1.165) is 25.7 Å². The number of amides is 6. The average molecular weight is 1070 g/mol. The number of Topliss-reactive ketones (excluding diaryl/α,β-unsaturated/α-hetero) is 1. The van der Waals surface area contributed by atoms with Gasteiger partial charge in [0, 0.05) is 87.9 Å². The second kappa shape index (κ2) is 31.1. The summed E-state index contributed by atoms with van der Waals surface area (Å²) in [6, 6.07) is 10.7. The van der Waals surface area contributed by atoms with Crippen LogP contribution in [0.1, 0.15) is 84.7 Å². The van der Waals surface area contributed by atoms with Crippen molar-refractivity contribution in [2.45, 2.75) is 87.7 Å². The molecule has 3 heterocycles. The van der Waals surface area contributed by atoms with Gasteiger partial charge in [0.15, 0.2) is 5.78 Å². The number of hydrogen-bond donors (Lipinski definition) is 7. The largest absolute Gasteiger partial charge is 0.496 e. The van der Waals surface area contributed by atoms with Crippen LogP contribution in [-0.2, 0) is 45.0 Å². The highest BCUT2D eigenvalue weighted by Gasteiger charge is 2.32. The van der Waals surface area contributed by atoms with Crippen molar-refractivity contribution in [2.24, 2.45) is 0 Å². The Kier molecular flexibility index (Phi) is 24.7. The Morgan fingerprint density at radius 2 is 1.57 bits per heavy atom. The van der Waals surface area contributed by atoms with E-state index in [9.17, 15) is 37.2 Å². The maximum absolute atomic E-state index is 13.6. The molecule has 2 atom stereocenters. The lowest BCUT2D eigenvalue weighted by molar-refractivity contribution is -0.122. The summed E-state index contributed by atoms with van der Waals surface area (Å²) in [7, 11) is -0.676. The van der Waals surface area contributed by atoms with E-state index in [0.29, 0.717) is 102 Å². The van der Waals surface area contributed by atoms with Crippen LogP contribution in [-0.4, -0.2) is 174 Å². The molecule has 5 rings (SSSR count).